The van der Waals surface area contributed by atoms with E-state index in [0.717, 1.165) is 54.5 Å². The summed E-state index contributed by atoms with van der Waals surface area (Å²) in [4.78, 5) is 61.8. The first-order valence-corrected chi connectivity index (χ1v) is 22.6. The summed E-state index contributed by atoms with van der Waals surface area (Å²) >= 11 is 0. The average Bonchev–Trinajstić information content (AvgIpc) is 3.38. The highest BCUT2D eigenvalue weighted by atomic mass is 19.1. The van der Waals surface area contributed by atoms with Gasteiger partial charge in [0.25, 0.3) is 0 Å². The zero-order valence-electron chi connectivity index (χ0n) is 38.7. The molecule has 14 heteroatoms. The number of halogens is 2. The van der Waals surface area contributed by atoms with Gasteiger partial charge in [0.2, 0.25) is 0 Å². The lowest BCUT2D eigenvalue weighted by atomic mass is 10.0. The van der Waals surface area contributed by atoms with Crippen LogP contribution in [0.1, 0.15) is 31.8 Å². The second kappa shape index (κ2) is 23.0. The van der Waals surface area contributed by atoms with Crippen molar-refractivity contribution in [3.63, 3.8) is 0 Å². The minimum Gasteiger partial charge on any atom is -0.465 e. The Morgan fingerprint density at radius 3 is 1.25 bits per heavy atom. The number of hydrogen-bond donors (Lipinski definition) is 1. The van der Waals surface area contributed by atoms with Gasteiger partial charge in [0.15, 0.2) is 5.78 Å². The van der Waals surface area contributed by atoms with Gasteiger partial charge in [-0.3, -0.25) is 14.6 Å². The first-order valence-electron chi connectivity index (χ1n) is 22.6. The summed E-state index contributed by atoms with van der Waals surface area (Å²) in [5, 5.41) is 0. The standard InChI is InChI=1S/C27H29FN4O2.C27H28FN3O3/c1-30-13-15-31(16-14-30)27(34)32(19-23-8-7-22(17-25(23)28)26(33)18-29)24-11-9-21(10-12-24)20-5-3-2-4-6-20;1-29-14-16-30(17-15-29)27(33)31(19-23-9-8-22(18-25(23)28)26(32)34-2)24-12-10-21(11-13-24)20-6-4-3-5-7-20/h2-12,17H,13-16,18-19,29H2,1H3;3-13,18H,14-17,19H2,1-2H3. The number of ether oxygens (including phenoxy) is 1. The summed E-state index contributed by atoms with van der Waals surface area (Å²) in [6, 6.07) is 43.6. The van der Waals surface area contributed by atoms with Crippen molar-refractivity contribution in [3.8, 4) is 22.3 Å². The van der Waals surface area contributed by atoms with Crippen LogP contribution < -0.4 is 15.5 Å². The number of benzene rings is 6. The number of nitrogens with two attached hydrogens (primary N) is 1. The maximum atomic E-state index is 14.9. The third kappa shape index (κ3) is 12.2. The third-order valence-electron chi connectivity index (χ3n) is 12.3. The molecule has 12 nitrogen and oxygen atoms in total. The van der Waals surface area contributed by atoms with E-state index in [-0.39, 0.29) is 48.6 Å². The highest BCUT2D eigenvalue weighted by Gasteiger charge is 2.28. The van der Waals surface area contributed by atoms with E-state index < -0.39 is 17.6 Å². The van der Waals surface area contributed by atoms with E-state index in [4.69, 9.17) is 5.73 Å². The monoisotopic (exact) mass is 921 g/mol. The first kappa shape index (κ1) is 48.7. The number of ketones is 1. The van der Waals surface area contributed by atoms with Crippen molar-refractivity contribution in [2.75, 3.05) is 89.9 Å². The van der Waals surface area contributed by atoms with E-state index in [2.05, 4.69) is 14.5 Å². The zero-order valence-corrected chi connectivity index (χ0v) is 38.7. The molecule has 0 saturated carbocycles. The van der Waals surface area contributed by atoms with Crippen molar-refractivity contribution >= 4 is 35.2 Å². The number of esters is 1. The molecule has 0 unspecified atom stereocenters. The smallest absolute Gasteiger partial charge is 0.337 e. The van der Waals surface area contributed by atoms with Crippen LogP contribution in [0.4, 0.5) is 29.7 Å². The first-order chi connectivity index (χ1) is 32.9. The van der Waals surface area contributed by atoms with Crippen LogP contribution in [0.5, 0.6) is 0 Å². The van der Waals surface area contributed by atoms with Crippen molar-refractivity contribution in [1.29, 1.82) is 0 Å². The van der Waals surface area contributed by atoms with Gasteiger partial charge in [0, 0.05) is 80.4 Å². The highest BCUT2D eigenvalue weighted by Crippen LogP contribution is 2.28. The van der Waals surface area contributed by atoms with Crippen LogP contribution in [0.25, 0.3) is 22.3 Å². The van der Waals surface area contributed by atoms with Crippen LogP contribution in [0.3, 0.4) is 0 Å². The predicted molar refractivity (Wildman–Crippen MR) is 263 cm³/mol. The second-order valence-corrected chi connectivity index (χ2v) is 16.9. The van der Waals surface area contributed by atoms with Crippen LogP contribution in [0, 0.1) is 11.6 Å². The molecule has 2 N–H and O–H groups in total. The van der Waals surface area contributed by atoms with E-state index in [0.29, 0.717) is 48.7 Å². The number of nitrogens with zero attached hydrogens (tertiary/aromatic N) is 6. The van der Waals surface area contributed by atoms with Crippen molar-refractivity contribution in [3.05, 3.63) is 179 Å². The van der Waals surface area contributed by atoms with Crippen molar-refractivity contribution in [2.24, 2.45) is 5.73 Å². The fourth-order valence-corrected chi connectivity index (χ4v) is 8.03. The number of carbonyl (C=O) groups excluding carboxylic acids is 4. The fourth-order valence-electron chi connectivity index (χ4n) is 8.03. The summed E-state index contributed by atoms with van der Waals surface area (Å²) < 4.78 is 34.5. The van der Waals surface area contributed by atoms with Gasteiger partial charge in [0.1, 0.15) is 11.6 Å². The molecule has 8 rings (SSSR count). The van der Waals surface area contributed by atoms with Crippen LogP contribution in [0.2, 0.25) is 0 Å². The molecule has 6 aromatic carbocycles. The summed E-state index contributed by atoms with van der Waals surface area (Å²) in [6.45, 7) is 5.51. The number of amides is 4. The lowest BCUT2D eigenvalue weighted by molar-refractivity contribution is 0.0600. The average molecular weight is 922 g/mol. The third-order valence-corrected chi connectivity index (χ3v) is 12.3. The maximum absolute atomic E-state index is 14.9. The Morgan fingerprint density at radius 1 is 0.515 bits per heavy atom. The molecule has 0 aromatic heterocycles. The topological polar surface area (TPSA) is 123 Å². The Hall–Kier alpha value is -7.26. The van der Waals surface area contributed by atoms with E-state index in [1.165, 1.54) is 25.3 Å². The largest absolute Gasteiger partial charge is 0.465 e. The molecule has 352 valence electrons. The van der Waals surface area contributed by atoms with E-state index in [9.17, 15) is 28.0 Å². The molecule has 6 aromatic rings. The molecule has 2 aliphatic rings. The van der Waals surface area contributed by atoms with Crippen LogP contribution in [-0.2, 0) is 17.8 Å². The summed E-state index contributed by atoms with van der Waals surface area (Å²) in [5.41, 5.74) is 12.0. The Bertz CT molecular complexity index is 2470. The van der Waals surface area contributed by atoms with Gasteiger partial charge >= 0.3 is 18.0 Å². The molecule has 2 heterocycles. The van der Waals surface area contributed by atoms with E-state index in [1.54, 1.807) is 31.7 Å². The van der Waals surface area contributed by atoms with Crippen molar-refractivity contribution < 1.29 is 32.7 Å². The van der Waals surface area contributed by atoms with Gasteiger partial charge in [-0.05, 0) is 78.8 Å². The molecule has 0 aliphatic carbocycles. The molecule has 0 bridgehead atoms. The van der Waals surface area contributed by atoms with Crippen LogP contribution in [-0.4, -0.2) is 124 Å². The number of likely N-dealkylation sites (N-methyl/N-ethyl adjacent to an activating group) is 2. The normalized spacial score (nSPS) is 14.1. The van der Waals surface area contributed by atoms with Gasteiger partial charge in [-0.1, -0.05) is 103 Å². The van der Waals surface area contributed by atoms with Gasteiger partial charge in [-0.2, -0.15) is 0 Å². The van der Waals surface area contributed by atoms with Crippen molar-refractivity contribution in [1.82, 2.24) is 19.6 Å². The summed E-state index contributed by atoms with van der Waals surface area (Å²) in [5.74, 6) is -2.02. The Morgan fingerprint density at radius 2 is 0.882 bits per heavy atom. The number of hydrogen-bond acceptors (Lipinski definition) is 8. The lowest BCUT2D eigenvalue weighted by Gasteiger charge is -2.36. The predicted octanol–water partition coefficient (Wildman–Crippen LogP) is 8.66. The van der Waals surface area contributed by atoms with Gasteiger partial charge < -0.3 is 30.1 Å². The molecule has 2 fully saturated rings. The van der Waals surface area contributed by atoms with Crippen molar-refractivity contribution in [2.45, 2.75) is 13.1 Å². The number of rotatable bonds is 11. The molecule has 0 radical (unpaired) electrons. The zero-order chi connectivity index (χ0) is 48.2. The molecule has 68 heavy (non-hydrogen) atoms. The second-order valence-electron chi connectivity index (χ2n) is 16.9. The molecule has 0 spiro atoms. The van der Waals surface area contributed by atoms with E-state index in [1.807, 2.05) is 123 Å². The van der Waals surface area contributed by atoms with Crippen LogP contribution in [0.15, 0.2) is 146 Å². The minimum atomic E-state index is -0.604. The molecule has 2 aliphatic heterocycles. The molecule has 4 amide bonds. The number of urea groups is 2. The summed E-state index contributed by atoms with van der Waals surface area (Å²) in [7, 11) is 5.31. The fraction of sp³-hybridized carbons (Fsp3) is 0.259. The Kier molecular flexibility index (Phi) is 16.4. The number of Topliss-reactive ketones (excluding diaryl/α,β-unsaturated/α-hetero) is 1. The maximum Gasteiger partial charge on any atom is 0.337 e. The lowest BCUT2D eigenvalue weighted by Crippen LogP contribution is -2.52. The summed E-state index contributed by atoms with van der Waals surface area (Å²) in [6.07, 6.45) is 0. The van der Waals surface area contributed by atoms with Gasteiger partial charge in [-0.25, -0.2) is 23.2 Å². The number of carbonyl (C=O) groups is 4. The quantitative estimate of drug-likeness (QED) is 0.101. The van der Waals surface area contributed by atoms with Gasteiger partial charge in [0.05, 0.1) is 32.3 Å². The molecular weight excluding hydrogens is 865 g/mol. The van der Waals surface area contributed by atoms with Crippen LogP contribution >= 0.6 is 0 Å². The molecular formula is C54H57F2N7O5. The SMILES string of the molecule is CN1CCN(C(=O)N(Cc2ccc(C(=O)CN)cc2F)c2ccc(-c3ccccc3)cc2)CC1.COC(=O)c1ccc(CN(C(=O)N2CCN(C)CC2)c2ccc(-c3ccccc3)cc2)c(F)c1. The van der Waals surface area contributed by atoms with E-state index >= 15 is 0 Å². The molecule has 0 atom stereocenters. The number of methoxy groups -OCH3 is 1. The highest BCUT2D eigenvalue weighted by molar-refractivity contribution is 5.98. The minimum absolute atomic E-state index is 0.0448. The van der Waals surface area contributed by atoms with Gasteiger partial charge in [-0.15, -0.1) is 0 Å². The number of piperazine rings is 2. The molecule has 2 saturated heterocycles. The Balaban J connectivity index is 0.000000201. The number of anilines is 2. The Labute approximate surface area is 396 Å².